The third-order valence-corrected chi connectivity index (χ3v) is 2.66. The molecule has 1 unspecified atom stereocenters. The minimum absolute atomic E-state index is 0.346. The van der Waals surface area contributed by atoms with Gasteiger partial charge in [0.25, 0.3) is 0 Å². The number of halogens is 1. The Morgan fingerprint density at radius 3 is 2.82 bits per heavy atom. The molecular weight excluding hydrogens is 240 g/mol. The van der Waals surface area contributed by atoms with Crippen molar-refractivity contribution in [3.63, 3.8) is 0 Å². The molecule has 0 fully saturated rings. The molecule has 0 aliphatic carbocycles. The number of nitrogens with zero attached hydrogens (tertiary/aromatic N) is 1. The summed E-state index contributed by atoms with van der Waals surface area (Å²) >= 11 is 5.84. The van der Waals surface area contributed by atoms with E-state index in [9.17, 15) is 9.59 Å². The van der Waals surface area contributed by atoms with Crippen LogP contribution < -0.4 is 5.73 Å². The maximum atomic E-state index is 12.0. The molecule has 1 aliphatic rings. The van der Waals surface area contributed by atoms with Gasteiger partial charge in [-0.1, -0.05) is 23.7 Å². The summed E-state index contributed by atoms with van der Waals surface area (Å²) in [7, 11) is 0. The van der Waals surface area contributed by atoms with Crippen molar-refractivity contribution in [3.8, 4) is 0 Å². The van der Waals surface area contributed by atoms with Gasteiger partial charge in [-0.3, -0.25) is 14.6 Å². The van der Waals surface area contributed by atoms with Crippen LogP contribution in [0.4, 0.5) is 0 Å². The lowest BCUT2D eigenvalue weighted by Crippen LogP contribution is -2.33. The van der Waals surface area contributed by atoms with Crippen molar-refractivity contribution in [3.05, 3.63) is 41.1 Å². The normalized spacial score (nSPS) is 19.0. The summed E-state index contributed by atoms with van der Waals surface area (Å²) in [5, 5.41) is 0.515. The van der Waals surface area contributed by atoms with Crippen LogP contribution in [0.5, 0.6) is 0 Å². The summed E-state index contributed by atoms with van der Waals surface area (Å²) in [5.41, 5.74) is 6.10. The van der Waals surface area contributed by atoms with Gasteiger partial charge >= 0.3 is 0 Å². The first-order valence-electron chi connectivity index (χ1n) is 4.92. The van der Waals surface area contributed by atoms with Gasteiger partial charge in [-0.2, -0.15) is 0 Å². The molecule has 0 saturated heterocycles. The highest BCUT2D eigenvalue weighted by Crippen LogP contribution is 2.24. The van der Waals surface area contributed by atoms with Gasteiger partial charge in [0.15, 0.2) is 5.78 Å². The number of ketones is 1. The van der Waals surface area contributed by atoms with Crippen LogP contribution in [0.15, 0.2) is 35.5 Å². The Kier molecular flexibility index (Phi) is 3.06. The zero-order chi connectivity index (χ0) is 12.4. The van der Waals surface area contributed by atoms with Gasteiger partial charge in [-0.15, -0.1) is 0 Å². The SMILES string of the molecule is NC(=O)C1C=NC=C(c2cccc(Cl)c2)C1=O. The topological polar surface area (TPSA) is 72.5 Å². The summed E-state index contributed by atoms with van der Waals surface area (Å²) in [5.74, 6) is -2.05. The third-order valence-electron chi connectivity index (χ3n) is 2.43. The van der Waals surface area contributed by atoms with Crippen LogP contribution in [0.3, 0.4) is 0 Å². The Hall–Kier alpha value is -1.94. The molecule has 0 radical (unpaired) electrons. The number of rotatable bonds is 2. The Labute approximate surface area is 103 Å². The second-order valence-corrected chi connectivity index (χ2v) is 4.03. The molecule has 1 aromatic rings. The molecule has 2 N–H and O–H groups in total. The van der Waals surface area contributed by atoms with Crippen LogP contribution in [0.25, 0.3) is 5.57 Å². The molecular formula is C12H9ClN2O2. The molecule has 0 saturated carbocycles. The van der Waals surface area contributed by atoms with Crippen molar-refractivity contribution in [1.82, 2.24) is 0 Å². The Bertz CT molecular complexity index is 549. The predicted molar refractivity (Wildman–Crippen MR) is 65.6 cm³/mol. The molecule has 4 nitrogen and oxygen atoms in total. The predicted octanol–water partition coefficient (Wildman–Crippen LogP) is 1.44. The van der Waals surface area contributed by atoms with Crippen molar-refractivity contribution >= 4 is 35.1 Å². The number of hydrogen-bond acceptors (Lipinski definition) is 3. The first-order valence-corrected chi connectivity index (χ1v) is 5.30. The van der Waals surface area contributed by atoms with Crippen molar-refractivity contribution < 1.29 is 9.59 Å². The summed E-state index contributed by atoms with van der Waals surface area (Å²) in [4.78, 5) is 26.9. The lowest BCUT2D eigenvalue weighted by atomic mass is 9.92. The monoisotopic (exact) mass is 248 g/mol. The third kappa shape index (κ3) is 2.26. The molecule has 2 rings (SSSR count). The second kappa shape index (κ2) is 4.51. The standard InChI is InChI=1S/C12H9ClN2O2/c13-8-3-1-2-7(4-8)9-5-15-6-10(11(9)16)12(14)17/h1-6,10H,(H2,14,17). The lowest BCUT2D eigenvalue weighted by molar-refractivity contribution is -0.126. The van der Waals surface area contributed by atoms with Gasteiger partial charge in [0.2, 0.25) is 5.91 Å². The van der Waals surface area contributed by atoms with Crippen LogP contribution in [-0.4, -0.2) is 17.9 Å². The van der Waals surface area contributed by atoms with Crippen LogP contribution >= 0.6 is 11.6 Å². The van der Waals surface area contributed by atoms with E-state index in [1.165, 1.54) is 12.4 Å². The Morgan fingerprint density at radius 2 is 2.18 bits per heavy atom. The molecule has 1 amide bonds. The van der Waals surface area contributed by atoms with E-state index in [1.807, 2.05) is 0 Å². The zero-order valence-electron chi connectivity index (χ0n) is 8.76. The molecule has 1 aliphatic heterocycles. The van der Waals surface area contributed by atoms with Crippen LogP contribution in [-0.2, 0) is 9.59 Å². The van der Waals surface area contributed by atoms with E-state index in [0.717, 1.165) is 0 Å². The van der Waals surface area contributed by atoms with Crippen molar-refractivity contribution in [2.24, 2.45) is 16.6 Å². The van der Waals surface area contributed by atoms with E-state index in [-0.39, 0.29) is 5.78 Å². The molecule has 1 atom stereocenters. The smallest absolute Gasteiger partial charge is 0.233 e. The van der Waals surface area contributed by atoms with Gasteiger partial charge < -0.3 is 5.73 Å². The van der Waals surface area contributed by atoms with E-state index < -0.39 is 11.8 Å². The molecule has 17 heavy (non-hydrogen) atoms. The molecule has 0 bridgehead atoms. The van der Waals surface area contributed by atoms with E-state index in [0.29, 0.717) is 16.2 Å². The highest BCUT2D eigenvalue weighted by Gasteiger charge is 2.28. The van der Waals surface area contributed by atoms with Crippen LogP contribution in [0, 0.1) is 5.92 Å². The van der Waals surface area contributed by atoms with Crippen LogP contribution in [0.2, 0.25) is 5.02 Å². The Balaban J connectivity index is 2.40. The number of nitrogens with two attached hydrogens (primary N) is 1. The number of hydrogen-bond donors (Lipinski definition) is 1. The Morgan fingerprint density at radius 1 is 1.41 bits per heavy atom. The van der Waals surface area contributed by atoms with E-state index in [2.05, 4.69) is 4.99 Å². The largest absolute Gasteiger partial charge is 0.369 e. The van der Waals surface area contributed by atoms with Gasteiger partial charge in [0, 0.05) is 23.0 Å². The first-order chi connectivity index (χ1) is 8.09. The average Bonchev–Trinajstić information content (AvgIpc) is 2.29. The van der Waals surface area contributed by atoms with Crippen molar-refractivity contribution in [2.45, 2.75) is 0 Å². The number of amides is 1. The molecule has 5 heteroatoms. The number of allylic oxidation sites excluding steroid dienone is 1. The first kappa shape index (κ1) is 11.5. The van der Waals surface area contributed by atoms with Crippen molar-refractivity contribution in [1.29, 1.82) is 0 Å². The van der Waals surface area contributed by atoms with Gasteiger partial charge in [0.1, 0.15) is 5.92 Å². The summed E-state index contributed by atoms with van der Waals surface area (Å²) < 4.78 is 0. The zero-order valence-corrected chi connectivity index (χ0v) is 9.52. The molecule has 1 heterocycles. The molecule has 0 aromatic heterocycles. The van der Waals surface area contributed by atoms with E-state index >= 15 is 0 Å². The highest BCUT2D eigenvalue weighted by molar-refractivity contribution is 6.34. The summed E-state index contributed by atoms with van der Waals surface area (Å²) in [6.07, 6.45) is 2.66. The quantitative estimate of drug-likeness (QED) is 0.805. The van der Waals surface area contributed by atoms with Gasteiger partial charge in [-0.05, 0) is 17.7 Å². The van der Waals surface area contributed by atoms with E-state index in [1.54, 1.807) is 24.3 Å². The number of benzene rings is 1. The maximum Gasteiger partial charge on any atom is 0.233 e. The van der Waals surface area contributed by atoms with Gasteiger partial charge in [-0.25, -0.2) is 0 Å². The van der Waals surface area contributed by atoms with Crippen molar-refractivity contribution in [2.75, 3.05) is 0 Å². The number of aliphatic imine (C=N–C) groups is 1. The summed E-state index contributed by atoms with van der Waals surface area (Å²) in [6.45, 7) is 0. The molecule has 86 valence electrons. The minimum atomic E-state index is -0.992. The fraction of sp³-hybridized carbons (Fsp3) is 0.0833. The number of carbonyl (C=O) groups is 2. The fourth-order valence-electron chi connectivity index (χ4n) is 1.58. The highest BCUT2D eigenvalue weighted by atomic mass is 35.5. The maximum absolute atomic E-state index is 12.0. The van der Waals surface area contributed by atoms with Gasteiger partial charge in [0.05, 0.1) is 0 Å². The van der Waals surface area contributed by atoms with E-state index in [4.69, 9.17) is 17.3 Å². The lowest BCUT2D eigenvalue weighted by Gasteiger charge is -2.13. The fourth-order valence-corrected chi connectivity index (χ4v) is 1.77. The number of Topliss-reactive ketones (excluding diaryl/α,β-unsaturated/α-hetero) is 1. The average molecular weight is 249 g/mol. The molecule has 0 spiro atoms. The second-order valence-electron chi connectivity index (χ2n) is 3.60. The summed E-state index contributed by atoms with van der Waals surface area (Å²) in [6, 6.07) is 6.80. The number of primary amides is 1. The molecule has 1 aromatic carbocycles. The number of carbonyl (C=O) groups excluding carboxylic acids is 2. The van der Waals surface area contributed by atoms with Crippen LogP contribution in [0.1, 0.15) is 5.56 Å². The minimum Gasteiger partial charge on any atom is -0.369 e.